The van der Waals surface area contributed by atoms with E-state index >= 15 is 0 Å². The van der Waals surface area contributed by atoms with Crippen LogP contribution in [0.3, 0.4) is 0 Å². The number of nitro benzene ring substituents is 1. The first kappa shape index (κ1) is 35.7. The van der Waals surface area contributed by atoms with Crippen LogP contribution < -0.4 is 26.0 Å². The Labute approximate surface area is 250 Å². The fraction of sp³-hybridized carbons (Fsp3) is 0.433. The van der Waals surface area contributed by atoms with Crippen molar-refractivity contribution in [2.24, 2.45) is 0 Å². The highest BCUT2D eigenvalue weighted by Gasteiger charge is 2.33. The third-order valence-corrected chi connectivity index (χ3v) is 6.12. The topological polar surface area (TPSA) is 186 Å². The van der Waals surface area contributed by atoms with Gasteiger partial charge in [0.05, 0.1) is 24.6 Å². The normalized spacial score (nSPS) is 10.2. The van der Waals surface area contributed by atoms with E-state index in [1.807, 2.05) is 0 Å². The maximum absolute atomic E-state index is 13.0. The summed E-state index contributed by atoms with van der Waals surface area (Å²) in [5.74, 6) is 4.77. The molecule has 228 valence electrons. The SMILES string of the molecule is C#CCNC(=O)CCC(CCC(=O)NCC#C)(CCC(=O)NCC#C)NC(=O)CCCC(=O)Oc1ccc([N+](=O)[O-])cc1. The Morgan fingerprint density at radius 3 is 1.56 bits per heavy atom. The zero-order valence-electron chi connectivity index (χ0n) is 23.7. The number of carbonyl (C=O) groups excluding carboxylic acids is 5. The number of hydrogen-bond acceptors (Lipinski definition) is 8. The number of esters is 1. The van der Waals surface area contributed by atoms with Gasteiger partial charge in [0.15, 0.2) is 0 Å². The van der Waals surface area contributed by atoms with Crippen molar-refractivity contribution in [3.63, 3.8) is 0 Å². The summed E-state index contributed by atoms with van der Waals surface area (Å²) in [6, 6.07) is 4.97. The molecule has 0 saturated carbocycles. The van der Waals surface area contributed by atoms with Crippen molar-refractivity contribution in [3.8, 4) is 42.8 Å². The molecule has 4 amide bonds. The van der Waals surface area contributed by atoms with Gasteiger partial charge in [0.1, 0.15) is 5.75 Å². The molecule has 1 aromatic carbocycles. The molecule has 0 heterocycles. The minimum atomic E-state index is -1.15. The molecule has 1 aromatic rings. The Kier molecular flexibility index (Phi) is 16.3. The summed E-state index contributed by atoms with van der Waals surface area (Å²) < 4.78 is 5.15. The third kappa shape index (κ3) is 15.3. The van der Waals surface area contributed by atoms with Gasteiger partial charge < -0.3 is 26.0 Å². The summed E-state index contributed by atoms with van der Waals surface area (Å²) >= 11 is 0. The van der Waals surface area contributed by atoms with Crippen LogP contribution in [0.15, 0.2) is 24.3 Å². The lowest BCUT2D eigenvalue weighted by Gasteiger charge is -2.35. The van der Waals surface area contributed by atoms with Crippen molar-refractivity contribution < 1.29 is 33.6 Å². The minimum Gasteiger partial charge on any atom is -0.427 e. The molecule has 0 aliphatic heterocycles. The lowest BCUT2D eigenvalue weighted by Crippen LogP contribution is -2.50. The molecule has 13 heteroatoms. The molecule has 43 heavy (non-hydrogen) atoms. The molecule has 0 aromatic heterocycles. The van der Waals surface area contributed by atoms with E-state index in [1.54, 1.807) is 0 Å². The van der Waals surface area contributed by atoms with Gasteiger partial charge in [-0.1, -0.05) is 17.8 Å². The first-order valence-electron chi connectivity index (χ1n) is 13.4. The molecule has 0 atom stereocenters. The molecular weight excluding hydrogens is 558 g/mol. The van der Waals surface area contributed by atoms with Gasteiger partial charge in [-0.05, 0) is 37.8 Å². The van der Waals surface area contributed by atoms with Crippen LogP contribution in [0.25, 0.3) is 0 Å². The number of nitro groups is 1. The molecule has 0 spiro atoms. The van der Waals surface area contributed by atoms with Crippen LogP contribution in [0, 0.1) is 47.1 Å². The quantitative estimate of drug-likeness (QED) is 0.0604. The lowest BCUT2D eigenvalue weighted by atomic mass is 9.83. The van der Waals surface area contributed by atoms with E-state index in [2.05, 4.69) is 39.0 Å². The van der Waals surface area contributed by atoms with Crippen LogP contribution in [-0.4, -0.2) is 59.7 Å². The Balaban J connectivity index is 2.95. The van der Waals surface area contributed by atoms with E-state index in [9.17, 15) is 34.1 Å². The Bertz CT molecular complexity index is 1190. The second-order valence-electron chi connectivity index (χ2n) is 9.35. The van der Waals surface area contributed by atoms with Gasteiger partial charge in [-0.25, -0.2) is 0 Å². The van der Waals surface area contributed by atoms with Gasteiger partial charge in [0, 0.05) is 49.8 Å². The standard InChI is InChI=1S/C30H35N5O8/c1-4-20-31-25(36)14-17-30(18-15-26(37)32-21-5-2,19-16-27(38)33-22-6-3)34-28(39)8-7-9-29(40)43-24-12-10-23(11-13-24)35(41)42/h1-3,10-13H,7-9,14-22H2,(H,31,36)(H,32,37)(H,33,38)(H,34,39). The number of nitrogens with one attached hydrogen (secondary N) is 4. The predicted molar refractivity (Wildman–Crippen MR) is 157 cm³/mol. The number of hydrogen-bond donors (Lipinski definition) is 4. The molecule has 1 rings (SSSR count). The smallest absolute Gasteiger partial charge is 0.311 e. The Morgan fingerprint density at radius 1 is 0.721 bits per heavy atom. The predicted octanol–water partition coefficient (Wildman–Crippen LogP) is 1.11. The molecule has 4 N–H and O–H groups in total. The number of non-ortho nitro benzene ring substituents is 1. The maximum atomic E-state index is 13.0. The van der Waals surface area contributed by atoms with Gasteiger partial charge in [0.2, 0.25) is 23.6 Å². The van der Waals surface area contributed by atoms with Crippen molar-refractivity contribution in [1.29, 1.82) is 0 Å². The molecule has 13 nitrogen and oxygen atoms in total. The number of ether oxygens (including phenoxy) is 1. The van der Waals surface area contributed by atoms with E-state index in [0.29, 0.717) is 0 Å². The van der Waals surface area contributed by atoms with Crippen molar-refractivity contribution in [3.05, 3.63) is 34.4 Å². The van der Waals surface area contributed by atoms with Crippen molar-refractivity contribution in [2.45, 2.75) is 63.3 Å². The monoisotopic (exact) mass is 593 g/mol. The van der Waals surface area contributed by atoms with Gasteiger partial charge >= 0.3 is 5.97 Å². The summed E-state index contributed by atoms with van der Waals surface area (Å²) in [5.41, 5.74) is -1.30. The maximum Gasteiger partial charge on any atom is 0.311 e. The number of carbonyl (C=O) groups is 5. The fourth-order valence-corrected chi connectivity index (χ4v) is 3.90. The highest BCUT2D eigenvalue weighted by molar-refractivity contribution is 5.80. The lowest BCUT2D eigenvalue weighted by molar-refractivity contribution is -0.384. The summed E-state index contributed by atoms with van der Waals surface area (Å²) in [5, 5.41) is 21.3. The average Bonchev–Trinajstić information content (AvgIpc) is 2.98. The van der Waals surface area contributed by atoms with Gasteiger partial charge in [-0.3, -0.25) is 34.1 Å². The summed E-state index contributed by atoms with van der Waals surface area (Å²) in [4.78, 5) is 72.5. The highest BCUT2D eigenvalue weighted by atomic mass is 16.6. The highest BCUT2D eigenvalue weighted by Crippen LogP contribution is 2.27. The number of benzene rings is 1. The zero-order valence-corrected chi connectivity index (χ0v) is 23.7. The summed E-state index contributed by atoms with van der Waals surface area (Å²) in [7, 11) is 0. The Hall–Kier alpha value is -5.35. The molecule has 0 bridgehead atoms. The fourth-order valence-electron chi connectivity index (χ4n) is 3.90. The van der Waals surface area contributed by atoms with Crippen molar-refractivity contribution >= 4 is 35.3 Å². The molecule has 0 fully saturated rings. The second kappa shape index (κ2) is 19.7. The van der Waals surface area contributed by atoms with Gasteiger partial charge in [-0.2, -0.15) is 0 Å². The number of nitrogens with zero attached hydrogens (tertiary/aromatic N) is 1. The third-order valence-electron chi connectivity index (χ3n) is 6.12. The van der Waals surface area contributed by atoms with Gasteiger partial charge in [-0.15, -0.1) is 19.3 Å². The molecule has 0 unspecified atom stereocenters. The molecule has 0 radical (unpaired) electrons. The van der Waals surface area contributed by atoms with Crippen molar-refractivity contribution in [1.82, 2.24) is 21.3 Å². The van der Waals surface area contributed by atoms with E-state index in [0.717, 1.165) is 0 Å². The van der Waals surface area contributed by atoms with Crippen LogP contribution in [0.5, 0.6) is 5.75 Å². The minimum absolute atomic E-state index is 0.0111. The van der Waals surface area contributed by atoms with E-state index in [1.165, 1.54) is 24.3 Å². The van der Waals surface area contributed by atoms with E-state index < -0.39 is 22.3 Å². The second-order valence-corrected chi connectivity index (χ2v) is 9.35. The van der Waals surface area contributed by atoms with Crippen LogP contribution >= 0.6 is 0 Å². The van der Waals surface area contributed by atoms with Crippen LogP contribution in [0.1, 0.15) is 57.8 Å². The Morgan fingerprint density at radius 2 is 1.16 bits per heavy atom. The molecule has 0 aliphatic carbocycles. The van der Waals surface area contributed by atoms with Crippen LogP contribution in [0.2, 0.25) is 0 Å². The zero-order chi connectivity index (χ0) is 32.1. The summed E-state index contributed by atoms with van der Waals surface area (Å²) in [6.07, 6.45) is 15.6. The first-order valence-corrected chi connectivity index (χ1v) is 13.4. The van der Waals surface area contributed by atoms with Crippen LogP contribution in [-0.2, 0) is 24.0 Å². The largest absolute Gasteiger partial charge is 0.427 e. The first-order chi connectivity index (χ1) is 20.5. The van der Waals surface area contributed by atoms with Gasteiger partial charge in [0.25, 0.3) is 5.69 Å². The average molecular weight is 594 g/mol. The molecule has 0 saturated heterocycles. The number of terminal acetylenes is 3. The van der Waals surface area contributed by atoms with Crippen molar-refractivity contribution in [2.75, 3.05) is 19.6 Å². The number of amides is 4. The van der Waals surface area contributed by atoms with E-state index in [4.69, 9.17) is 24.0 Å². The number of rotatable bonds is 19. The molecule has 0 aliphatic rings. The summed E-state index contributed by atoms with van der Waals surface area (Å²) in [6.45, 7) is 0.0332. The molecular formula is C30H35N5O8. The van der Waals surface area contributed by atoms with E-state index in [-0.39, 0.29) is 107 Å². The van der Waals surface area contributed by atoms with Crippen LogP contribution in [0.4, 0.5) is 5.69 Å².